The van der Waals surface area contributed by atoms with Gasteiger partial charge in [-0.1, -0.05) is 72.0 Å². The molecule has 0 aliphatic heterocycles. The molecule has 3 N–H and O–H groups in total. The van der Waals surface area contributed by atoms with E-state index in [1.807, 2.05) is 49.4 Å². The van der Waals surface area contributed by atoms with Crippen LogP contribution in [0.3, 0.4) is 0 Å². The molecule has 2 heterocycles. The van der Waals surface area contributed by atoms with E-state index in [1.165, 1.54) is 23.1 Å². The fourth-order valence-corrected chi connectivity index (χ4v) is 5.65. The van der Waals surface area contributed by atoms with E-state index in [4.69, 9.17) is 0 Å². The van der Waals surface area contributed by atoms with Crippen molar-refractivity contribution in [2.24, 2.45) is 0 Å². The molecule has 0 saturated carbocycles. The lowest BCUT2D eigenvalue weighted by Gasteiger charge is -2.17. The Labute approximate surface area is 256 Å². The first-order valence-corrected chi connectivity index (χ1v) is 14.9. The van der Waals surface area contributed by atoms with Crippen LogP contribution >= 0.6 is 23.1 Å². The molecule has 1 unspecified atom stereocenters. The fourth-order valence-electron chi connectivity index (χ4n) is 3.97. The zero-order chi connectivity index (χ0) is 30.0. The highest BCUT2D eigenvalue weighted by Crippen LogP contribution is 2.37. The van der Waals surface area contributed by atoms with Crippen LogP contribution in [0.25, 0.3) is 6.08 Å². The number of nitrogens with one attached hydrogen (secondary N) is 3. The second kappa shape index (κ2) is 14.2. The third-order valence-electron chi connectivity index (χ3n) is 5.97. The number of rotatable bonds is 10. The van der Waals surface area contributed by atoms with Crippen LogP contribution in [0.4, 0.5) is 10.8 Å². The Balaban J connectivity index is 1.36. The largest absolute Gasteiger partial charge is 0.321 e. The molecule has 11 heteroatoms. The van der Waals surface area contributed by atoms with Crippen molar-refractivity contribution < 1.29 is 14.4 Å². The molecule has 2 aromatic heterocycles. The van der Waals surface area contributed by atoms with Gasteiger partial charge in [0.25, 0.3) is 11.8 Å². The second-order valence-corrected chi connectivity index (χ2v) is 11.5. The number of amides is 3. The Morgan fingerprint density at radius 2 is 1.63 bits per heavy atom. The molecule has 0 radical (unpaired) electrons. The first-order valence-electron chi connectivity index (χ1n) is 13.2. The molecule has 9 nitrogen and oxygen atoms in total. The number of aryl methyl sites for hydroxylation is 1. The third-order valence-corrected chi connectivity index (χ3v) is 7.97. The van der Waals surface area contributed by atoms with Crippen molar-refractivity contribution in [2.45, 2.75) is 17.1 Å². The highest BCUT2D eigenvalue weighted by Gasteiger charge is 2.24. The highest BCUT2D eigenvalue weighted by atomic mass is 32.2. The van der Waals surface area contributed by atoms with Crippen LogP contribution in [0.5, 0.6) is 0 Å². The number of benzene rings is 3. The number of nitrogens with zero attached hydrogens (tertiary/aromatic N) is 3. The maximum atomic E-state index is 13.5. The van der Waals surface area contributed by atoms with Gasteiger partial charge in [0, 0.05) is 28.5 Å². The SMILES string of the molecule is Cc1nnc(NC(=O)C(Sc2cccc(NC(=O)/C(=C/c3cccnc3)NC(=O)c3ccccc3)c2)c2ccccc2)s1. The van der Waals surface area contributed by atoms with Gasteiger partial charge >= 0.3 is 0 Å². The van der Waals surface area contributed by atoms with Gasteiger partial charge in [-0.25, -0.2) is 0 Å². The van der Waals surface area contributed by atoms with Crippen LogP contribution < -0.4 is 16.0 Å². The lowest BCUT2D eigenvalue weighted by atomic mass is 10.1. The molecule has 3 amide bonds. The zero-order valence-corrected chi connectivity index (χ0v) is 24.6. The van der Waals surface area contributed by atoms with E-state index in [2.05, 4.69) is 31.1 Å². The summed E-state index contributed by atoms with van der Waals surface area (Å²) in [5.41, 5.74) is 2.42. The highest BCUT2D eigenvalue weighted by molar-refractivity contribution is 8.00. The monoisotopic (exact) mass is 606 g/mol. The zero-order valence-electron chi connectivity index (χ0n) is 22.9. The number of thioether (sulfide) groups is 1. The Kier molecular flexibility index (Phi) is 9.67. The van der Waals surface area contributed by atoms with Crippen LogP contribution in [0.15, 0.2) is 120 Å². The minimum Gasteiger partial charge on any atom is -0.321 e. The average molecular weight is 607 g/mol. The molecule has 0 bridgehead atoms. The van der Waals surface area contributed by atoms with Crippen LogP contribution in [0, 0.1) is 6.92 Å². The van der Waals surface area contributed by atoms with E-state index >= 15 is 0 Å². The van der Waals surface area contributed by atoms with E-state index in [0.717, 1.165) is 15.5 Å². The van der Waals surface area contributed by atoms with Gasteiger partial charge in [0.2, 0.25) is 11.0 Å². The number of hydrogen-bond acceptors (Lipinski definition) is 8. The summed E-state index contributed by atoms with van der Waals surface area (Å²) in [5.74, 6) is -1.18. The van der Waals surface area contributed by atoms with E-state index in [1.54, 1.807) is 73.1 Å². The summed E-state index contributed by atoms with van der Waals surface area (Å²) in [4.78, 5) is 44.6. The maximum Gasteiger partial charge on any atom is 0.272 e. The second-order valence-electron chi connectivity index (χ2n) is 9.17. The predicted molar refractivity (Wildman–Crippen MR) is 170 cm³/mol. The number of carbonyl (C=O) groups excluding carboxylic acids is 3. The molecule has 5 aromatic rings. The predicted octanol–water partition coefficient (Wildman–Crippen LogP) is 6.12. The van der Waals surface area contributed by atoms with E-state index in [0.29, 0.717) is 21.9 Å². The average Bonchev–Trinajstić information content (AvgIpc) is 3.45. The summed E-state index contributed by atoms with van der Waals surface area (Å²) in [6.07, 6.45) is 4.78. The molecule has 5 rings (SSSR count). The molecule has 0 spiro atoms. The summed E-state index contributed by atoms with van der Waals surface area (Å²) < 4.78 is 0. The Morgan fingerprint density at radius 1 is 0.860 bits per heavy atom. The molecule has 0 aliphatic carbocycles. The van der Waals surface area contributed by atoms with Crippen LogP contribution in [-0.2, 0) is 9.59 Å². The third kappa shape index (κ3) is 8.22. The Bertz CT molecular complexity index is 1750. The number of aromatic nitrogens is 3. The smallest absolute Gasteiger partial charge is 0.272 e. The van der Waals surface area contributed by atoms with Crippen LogP contribution in [0.1, 0.15) is 31.7 Å². The van der Waals surface area contributed by atoms with Gasteiger partial charge in [-0.2, -0.15) is 0 Å². The molecule has 3 aromatic carbocycles. The summed E-state index contributed by atoms with van der Waals surface area (Å²) in [6.45, 7) is 1.82. The van der Waals surface area contributed by atoms with Crippen molar-refractivity contribution in [1.29, 1.82) is 0 Å². The summed E-state index contributed by atoms with van der Waals surface area (Å²) >= 11 is 2.64. The normalized spacial score (nSPS) is 11.8. The van der Waals surface area contributed by atoms with E-state index in [-0.39, 0.29) is 11.6 Å². The van der Waals surface area contributed by atoms with Crippen molar-refractivity contribution in [3.05, 3.63) is 137 Å². The van der Waals surface area contributed by atoms with Gasteiger partial charge in [-0.3, -0.25) is 24.7 Å². The van der Waals surface area contributed by atoms with Gasteiger partial charge in [0.15, 0.2) is 0 Å². The van der Waals surface area contributed by atoms with Crippen molar-refractivity contribution in [3.63, 3.8) is 0 Å². The fraction of sp³-hybridized carbons (Fsp3) is 0.0625. The molecule has 0 fully saturated rings. The van der Waals surface area contributed by atoms with Gasteiger partial charge < -0.3 is 10.6 Å². The molecule has 214 valence electrons. The standard InChI is InChI=1S/C32H26N6O3S2/c1-21-37-38-32(42-21)36-31(41)28(23-11-4-2-5-12-23)43-26-16-8-15-25(19-26)34-30(40)27(18-22-10-9-17-33-20-22)35-29(39)24-13-6-3-7-14-24/h2-20,28H,1H3,(H,34,40)(H,35,39)(H,36,38,41)/b27-18-. The van der Waals surface area contributed by atoms with Crippen molar-refractivity contribution in [3.8, 4) is 0 Å². The lowest BCUT2D eigenvalue weighted by Crippen LogP contribution is -2.30. The first-order chi connectivity index (χ1) is 20.9. The van der Waals surface area contributed by atoms with Crippen molar-refractivity contribution in [2.75, 3.05) is 10.6 Å². The van der Waals surface area contributed by atoms with Crippen molar-refractivity contribution in [1.82, 2.24) is 20.5 Å². The first kappa shape index (κ1) is 29.4. The Morgan fingerprint density at radius 3 is 2.33 bits per heavy atom. The van der Waals surface area contributed by atoms with Crippen LogP contribution in [0.2, 0.25) is 0 Å². The number of carbonyl (C=O) groups is 3. The Hall–Kier alpha value is -5.13. The number of pyridine rings is 1. The quantitative estimate of drug-likeness (QED) is 0.129. The van der Waals surface area contributed by atoms with Crippen LogP contribution in [-0.4, -0.2) is 32.9 Å². The van der Waals surface area contributed by atoms with Gasteiger partial charge in [0.1, 0.15) is 16.0 Å². The minimum atomic E-state index is -0.595. The maximum absolute atomic E-state index is 13.5. The van der Waals surface area contributed by atoms with Gasteiger partial charge in [-0.15, -0.1) is 22.0 Å². The molecule has 43 heavy (non-hydrogen) atoms. The topological polar surface area (TPSA) is 126 Å². The summed E-state index contributed by atoms with van der Waals surface area (Å²) in [5, 5.41) is 17.0. The van der Waals surface area contributed by atoms with Crippen molar-refractivity contribution >= 4 is 57.7 Å². The van der Waals surface area contributed by atoms with E-state index < -0.39 is 17.1 Å². The minimum absolute atomic E-state index is 0.0498. The lowest BCUT2D eigenvalue weighted by molar-refractivity contribution is -0.116. The molecule has 1 atom stereocenters. The molecular formula is C32H26N6O3S2. The molecule has 0 aliphatic rings. The summed E-state index contributed by atoms with van der Waals surface area (Å²) in [7, 11) is 0. The van der Waals surface area contributed by atoms with Gasteiger partial charge in [-0.05, 0) is 60.5 Å². The molecule has 0 saturated heterocycles. The number of anilines is 2. The number of hydrogen-bond donors (Lipinski definition) is 3. The van der Waals surface area contributed by atoms with Gasteiger partial charge in [0.05, 0.1) is 0 Å². The van der Waals surface area contributed by atoms with E-state index in [9.17, 15) is 14.4 Å². The molecular weight excluding hydrogens is 581 g/mol. The summed E-state index contributed by atoms with van der Waals surface area (Å²) in [6, 6.07) is 28.8.